The van der Waals surface area contributed by atoms with Crippen LogP contribution in [0.5, 0.6) is 0 Å². The number of thioether (sulfide) groups is 1. The normalized spacial score (nSPS) is 14.2. The second kappa shape index (κ2) is 14.9. The van der Waals surface area contributed by atoms with Crippen molar-refractivity contribution in [2.45, 2.75) is 43.4 Å². The molecule has 0 radical (unpaired) electrons. The number of carboxylic acid groups (broad SMARTS) is 1. The van der Waals surface area contributed by atoms with Gasteiger partial charge in [-0.2, -0.15) is 11.8 Å². The molecule has 0 saturated carbocycles. The summed E-state index contributed by atoms with van der Waals surface area (Å²) in [5, 5.41) is 26.1. The van der Waals surface area contributed by atoms with E-state index in [1.165, 1.54) is 11.8 Å². The highest BCUT2D eigenvalue weighted by molar-refractivity contribution is 7.98. The molecule has 0 aliphatic carbocycles. The van der Waals surface area contributed by atoms with Crippen molar-refractivity contribution in [3.8, 4) is 0 Å². The minimum Gasteiger partial charge on any atom is -0.480 e. The van der Waals surface area contributed by atoms with Gasteiger partial charge in [-0.1, -0.05) is 30.3 Å². The molecule has 0 fully saturated rings. The molecule has 0 aromatic heterocycles. The number of aliphatic hydroxyl groups excluding tert-OH is 1. The van der Waals surface area contributed by atoms with Crippen LogP contribution >= 0.6 is 11.8 Å². The van der Waals surface area contributed by atoms with Crippen molar-refractivity contribution in [3.05, 3.63) is 35.9 Å². The Morgan fingerprint density at radius 1 is 0.941 bits per heavy atom. The van der Waals surface area contributed by atoms with Crippen LogP contribution < -0.4 is 27.4 Å². The number of amides is 4. The number of carboxylic acids is 1. The van der Waals surface area contributed by atoms with E-state index in [9.17, 15) is 34.2 Å². The molecule has 1 aromatic carbocycles. The quantitative estimate of drug-likeness (QED) is 0.139. The zero-order valence-corrected chi connectivity index (χ0v) is 19.5. The molecule has 0 aliphatic rings. The van der Waals surface area contributed by atoms with Crippen LogP contribution in [0.3, 0.4) is 0 Å². The highest BCUT2D eigenvalue weighted by Crippen LogP contribution is 2.07. The lowest BCUT2D eigenvalue weighted by molar-refractivity contribution is -0.142. The minimum absolute atomic E-state index is 0.0283. The lowest BCUT2D eigenvalue weighted by Gasteiger charge is -2.24. The smallest absolute Gasteiger partial charge is 0.326 e. The fourth-order valence-electron chi connectivity index (χ4n) is 2.88. The highest BCUT2D eigenvalue weighted by Gasteiger charge is 2.30. The van der Waals surface area contributed by atoms with Crippen molar-refractivity contribution in [1.82, 2.24) is 16.0 Å². The Morgan fingerprint density at radius 2 is 1.50 bits per heavy atom. The number of hydrogen-bond acceptors (Lipinski definition) is 8. The van der Waals surface area contributed by atoms with E-state index >= 15 is 0 Å². The molecule has 4 unspecified atom stereocenters. The monoisotopic (exact) mass is 497 g/mol. The van der Waals surface area contributed by atoms with Crippen molar-refractivity contribution < 1.29 is 34.2 Å². The van der Waals surface area contributed by atoms with E-state index in [4.69, 9.17) is 11.5 Å². The van der Waals surface area contributed by atoms with Crippen LogP contribution in [0.25, 0.3) is 0 Å². The molecule has 188 valence electrons. The molecule has 34 heavy (non-hydrogen) atoms. The predicted molar refractivity (Wildman–Crippen MR) is 125 cm³/mol. The number of aliphatic hydroxyl groups is 1. The summed E-state index contributed by atoms with van der Waals surface area (Å²) in [6.07, 6.45) is 1.55. The highest BCUT2D eigenvalue weighted by atomic mass is 32.2. The van der Waals surface area contributed by atoms with Gasteiger partial charge in [0, 0.05) is 6.42 Å². The summed E-state index contributed by atoms with van der Waals surface area (Å²) in [5.41, 5.74) is 11.2. The third-order valence-electron chi connectivity index (χ3n) is 4.71. The fourth-order valence-corrected chi connectivity index (χ4v) is 3.35. The van der Waals surface area contributed by atoms with Gasteiger partial charge < -0.3 is 37.6 Å². The molecule has 1 aromatic rings. The number of aliphatic carboxylic acids is 1. The summed E-state index contributed by atoms with van der Waals surface area (Å²) in [6, 6.07) is 3.55. The lowest BCUT2D eigenvalue weighted by atomic mass is 10.0. The molecule has 0 saturated heterocycles. The summed E-state index contributed by atoms with van der Waals surface area (Å²) in [5.74, 6) is -4.05. The zero-order valence-electron chi connectivity index (χ0n) is 18.7. The number of carbonyl (C=O) groups is 5. The fraction of sp³-hybridized carbons (Fsp3) is 0.476. The minimum atomic E-state index is -1.47. The van der Waals surface area contributed by atoms with Crippen LogP contribution in [-0.2, 0) is 30.4 Å². The predicted octanol–water partition coefficient (Wildman–Crippen LogP) is -2.28. The van der Waals surface area contributed by atoms with Crippen molar-refractivity contribution in [2.75, 3.05) is 18.6 Å². The van der Waals surface area contributed by atoms with Crippen LogP contribution in [0.4, 0.5) is 0 Å². The third-order valence-corrected chi connectivity index (χ3v) is 5.36. The van der Waals surface area contributed by atoms with Gasteiger partial charge in [0.25, 0.3) is 0 Å². The number of carbonyl (C=O) groups excluding carboxylic acids is 4. The molecule has 0 heterocycles. The van der Waals surface area contributed by atoms with E-state index in [2.05, 4.69) is 16.0 Å². The van der Waals surface area contributed by atoms with Gasteiger partial charge in [0.15, 0.2) is 0 Å². The summed E-state index contributed by atoms with van der Waals surface area (Å²) in [4.78, 5) is 60.2. The second-order valence-corrected chi connectivity index (χ2v) is 8.44. The van der Waals surface area contributed by atoms with Gasteiger partial charge in [-0.25, -0.2) is 4.79 Å². The molecule has 13 heteroatoms. The molecular weight excluding hydrogens is 466 g/mol. The Bertz CT molecular complexity index is 855. The first-order valence-corrected chi connectivity index (χ1v) is 11.8. The Hall–Kier alpha value is -3.16. The maximum atomic E-state index is 12.9. The van der Waals surface area contributed by atoms with E-state index < -0.39 is 66.8 Å². The molecule has 0 aliphatic heterocycles. The average molecular weight is 498 g/mol. The van der Waals surface area contributed by atoms with Crippen LogP contribution in [-0.4, -0.2) is 82.6 Å². The van der Waals surface area contributed by atoms with E-state index in [1.54, 1.807) is 36.6 Å². The average Bonchev–Trinajstić information content (AvgIpc) is 2.79. The molecule has 1 rings (SSSR count). The van der Waals surface area contributed by atoms with Crippen LogP contribution in [0, 0.1) is 0 Å². The zero-order chi connectivity index (χ0) is 25.7. The second-order valence-electron chi connectivity index (χ2n) is 7.45. The van der Waals surface area contributed by atoms with Gasteiger partial charge >= 0.3 is 5.97 Å². The Morgan fingerprint density at radius 3 is 2.03 bits per heavy atom. The number of hydrogen-bond donors (Lipinski definition) is 7. The lowest BCUT2D eigenvalue weighted by Crippen LogP contribution is -2.58. The van der Waals surface area contributed by atoms with E-state index in [0.29, 0.717) is 11.3 Å². The van der Waals surface area contributed by atoms with Crippen LogP contribution in [0.2, 0.25) is 0 Å². The van der Waals surface area contributed by atoms with Crippen molar-refractivity contribution >= 4 is 41.4 Å². The summed E-state index contributed by atoms with van der Waals surface area (Å²) < 4.78 is 0. The molecular formula is C21H31N5O7S. The summed E-state index contributed by atoms with van der Waals surface area (Å²) >= 11 is 1.42. The Kier molecular flexibility index (Phi) is 12.6. The number of nitrogens with two attached hydrogens (primary N) is 2. The van der Waals surface area contributed by atoms with Gasteiger partial charge in [-0.05, 0) is 24.0 Å². The van der Waals surface area contributed by atoms with Crippen molar-refractivity contribution in [1.29, 1.82) is 0 Å². The van der Waals surface area contributed by atoms with Gasteiger partial charge in [0.1, 0.15) is 18.1 Å². The molecule has 0 bridgehead atoms. The summed E-state index contributed by atoms with van der Waals surface area (Å²) in [7, 11) is 0. The van der Waals surface area contributed by atoms with Gasteiger partial charge in [0.2, 0.25) is 23.6 Å². The first-order valence-electron chi connectivity index (χ1n) is 10.4. The first kappa shape index (κ1) is 28.9. The molecule has 9 N–H and O–H groups in total. The number of rotatable bonds is 15. The number of nitrogens with one attached hydrogen (secondary N) is 3. The van der Waals surface area contributed by atoms with Crippen LogP contribution in [0.15, 0.2) is 30.3 Å². The largest absolute Gasteiger partial charge is 0.480 e. The van der Waals surface area contributed by atoms with Gasteiger partial charge in [-0.15, -0.1) is 0 Å². The molecule has 4 amide bonds. The number of benzene rings is 1. The Labute approximate surface area is 201 Å². The molecule has 4 atom stereocenters. The van der Waals surface area contributed by atoms with Crippen molar-refractivity contribution in [3.63, 3.8) is 0 Å². The maximum absolute atomic E-state index is 12.9. The molecule has 0 spiro atoms. The third kappa shape index (κ3) is 10.2. The maximum Gasteiger partial charge on any atom is 0.326 e. The van der Waals surface area contributed by atoms with E-state index in [1.807, 2.05) is 0 Å². The SMILES string of the molecule is CSCCC(NC(=O)C(Cc1ccccc1)NC(=O)C(CO)NC(=O)C(N)CC(N)=O)C(=O)O. The molecule has 12 nitrogen and oxygen atoms in total. The topological polar surface area (TPSA) is 214 Å². The van der Waals surface area contributed by atoms with E-state index in [0.717, 1.165) is 0 Å². The van der Waals surface area contributed by atoms with Gasteiger partial charge in [-0.3, -0.25) is 19.2 Å². The van der Waals surface area contributed by atoms with Crippen molar-refractivity contribution in [2.24, 2.45) is 11.5 Å². The van der Waals surface area contributed by atoms with Crippen LogP contribution in [0.1, 0.15) is 18.4 Å². The van der Waals surface area contributed by atoms with E-state index in [-0.39, 0.29) is 12.8 Å². The first-order chi connectivity index (χ1) is 16.1. The standard InChI is InChI=1S/C21H31N5O7S/c1-34-8-7-14(21(32)33)24-19(30)15(9-12-5-3-2-4-6-12)25-20(31)16(11-27)26-18(29)13(22)10-17(23)28/h2-6,13-16,27H,7-11,22H2,1H3,(H2,23,28)(H,24,30)(H,25,31)(H,26,29)(H,32,33). The Balaban J connectivity index is 2.99. The van der Waals surface area contributed by atoms with Gasteiger partial charge in [0.05, 0.1) is 19.1 Å². The number of primary amides is 1. The summed E-state index contributed by atoms with van der Waals surface area (Å²) in [6.45, 7) is -0.813.